The highest BCUT2D eigenvalue weighted by atomic mass is 35.5. The van der Waals surface area contributed by atoms with Crippen LogP contribution in [0, 0.1) is 10.1 Å². The van der Waals surface area contributed by atoms with Crippen molar-refractivity contribution in [3.63, 3.8) is 0 Å². The highest BCUT2D eigenvalue weighted by Gasteiger charge is 2.09. The van der Waals surface area contributed by atoms with Gasteiger partial charge in [-0.25, -0.2) is 4.79 Å². The van der Waals surface area contributed by atoms with Gasteiger partial charge in [-0.3, -0.25) is 14.9 Å². The van der Waals surface area contributed by atoms with Crippen LogP contribution in [0.1, 0.15) is 15.9 Å². The number of halogens is 1. The van der Waals surface area contributed by atoms with Crippen LogP contribution in [0.4, 0.5) is 11.4 Å². The number of nitro groups is 1. The number of benzene rings is 2. The third-order valence-electron chi connectivity index (χ3n) is 3.00. The summed E-state index contributed by atoms with van der Waals surface area (Å²) >= 11 is 5.91. The molecule has 7 nitrogen and oxygen atoms in total. The molecule has 0 saturated heterocycles. The Morgan fingerprint density at radius 2 is 1.83 bits per heavy atom. The van der Waals surface area contributed by atoms with Gasteiger partial charge >= 0.3 is 5.97 Å². The van der Waals surface area contributed by atoms with Gasteiger partial charge in [-0.05, 0) is 42.0 Å². The van der Waals surface area contributed by atoms with Crippen molar-refractivity contribution in [3.05, 3.63) is 74.8 Å². The minimum Gasteiger partial charge on any atom is -0.478 e. The number of carboxylic acid groups (broad SMARTS) is 1. The number of carboxylic acids is 1. The molecule has 0 spiro atoms. The third-order valence-corrected chi connectivity index (χ3v) is 3.33. The standard InChI is InChI=1S/C16H11ClN2O5/c17-13-7-4-11(16(21)22)9-14(13)18-15(20)8-3-10-1-5-12(6-2-10)19(23)24/h1-9H,(H,18,20)(H,21,22). The Kier molecular flexibility index (Phi) is 5.28. The average molecular weight is 347 g/mol. The number of non-ortho nitro benzene ring substituents is 1. The Labute approximate surface area is 141 Å². The van der Waals surface area contributed by atoms with Crippen molar-refractivity contribution in [3.8, 4) is 0 Å². The molecule has 0 atom stereocenters. The summed E-state index contributed by atoms with van der Waals surface area (Å²) in [6.45, 7) is 0. The molecular formula is C16H11ClN2O5. The molecular weight excluding hydrogens is 336 g/mol. The van der Waals surface area contributed by atoms with E-state index in [4.69, 9.17) is 16.7 Å². The minimum atomic E-state index is -1.14. The Balaban J connectivity index is 2.09. The summed E-state index contributed by atoms with van der Waals surface area (Å²) < 4.78 is 0. The Morgan fingerprint density at radius 3 is 2.42 bits per heavy atom. The SMILES string of the molecule is O=C(C=Cc1ccc([N+](=O)[O-])cc1)Nc1cc(C(=O)O)ccc1Cl. The Hall–Kier alpha value is -3.19. The number of nitrogens with one attached hydrogen (secondary N) is 1. The van der Waals surface area contributed by atoms with Crippen LogP contribution < -0.4 is 5.32 Å². The number of hydrogen-bond acceptors (Lipinski definition) is 4. The summed E-state index contributed by atoms with van der Waals surface area (Å²) in [5.41, 5.74) is 0.721. The molecule has 2 aromatic rings. The fourth-order valence-electron chi connectivity index (χ4n) is 1.81. The number of rotatable bonds is 5. The van der Waals surface area contributed by atoms with Crippen molar-refractivity contribution >= 4 is 40.9 Å². The molecule has 2 N–H and O–H groups in total. The van der Waals surface area contributed by atoms with Crippen LogP contribution in [-0.4, -0.2) is 21.9 Å². The molecule has 2 rings (SSSR count). The summed E-state index contributed by atoms with van der Waals surface area (Å²) in [4.78, 5) is 32.8. The van der Waals surface area contributed by atoms with Crippen LogP contribution in [0.2, 0.25) is 5.02 Å². The van der Waals surface area contributed by atoms with Gasteiger partial charge in [0, 0.05) is 18.2 Å². The first kappa shape index (κ1) is 17.2. The fourth-order valence-corrected chi connectivity index (χ4v) is 1.97. The first-order valence-corrected chi connectivity index (χ1v) is 7.01. The van der Waals surface area contributed by atoms with Crippen LogP contribution in [0.25, 0.3) is 6.08 Å². The van der Waals surface area contributed by atoms with Gasteiger partial charge in [-0.15, -0.1) is 0 Å². The van der Waals surface area contributed by atoms with E-state index in [-0.39, 0.29) is 22.0 Å². The van der Waals surface area contributed by atoms with Gasteiger partial charge in [0.2, 0.25) is 5.91 Å². The zero-order valence-corrected chi connectivity index (χ0v) is 12.9. The quantitative estimate of drug-likeness (QED) is 0.488. The molecule has 0 radical (unpaired) electrons. The summed E-state index contributed by atoms with van der Waals surface area (Å²) in [5, 5.41) is 22.2. The van der Waals surface area contributed by atoms with Crippen molar-refractivity contribution in [1.29, 1.82) is 0 Å². The van der Waals surface area contributed by atoms with Gasteiger partial charge < -0.3 is 10.4 Å². The number of carbonyl (C=O) groups is 2. The van der Waals surface area contributed by atoms with Gasteiger partial charge in [0.1, 0.15) is 0 Å². The van der Waals surface area contributed by atoms with Gasteiger partial charge in [-0.1, -0.05) is 11.6 Å². The van der Waals surface area contributed by atoms with E-state index in [1.807, 2.05) is 0 Å². The molecule has 0 aromatic heterocycles. The lowest BCUT2D eigenvalue weighted by Gasteiger charge is -2.06. The van der Waals surface area contributed by atoms with Crippen molar-refractivity contribution in [2.24, 2.45) is 0 Å². The number of nitrogens with zero attached hydrogens (tertiary/aromatic N) is 1. The van der Waals surface area contributed by atoms with Crippen LogP contribution in [0.5, 0.6) is 0 Å². The Bertz CT molecular complexity index is 831. The normalized spacial score (nSPS) is 10.5. The van der Waals surface area contributed by atoms with Crippen LogP contribution in [0.15, 0.2) is 48.5 Å². The summed E-state index contributed by atoms with van der Waals surface area (Å²) in [6, 6.07) is 9.60. The highest BCUT2D eigenvalue weighted by molar-refractivity contribution is 6.34. The van der Waals surface area contributed by atoms with Crippen molar-refractivity contribution in [1.82, 2.24) is 0 Å². The molecule has 2 aromatic carbocycles. The number of carbonyl (C=O) groups excluding carboxylic acids is 1. The second-order valence-corrected chi connectivity index (χ2v) is 5.08. The first-order valence-electron chi connectivity index (χ1n) is 6.63. The lowest BCUT2D eigenvalue weighted by molar-refractivity contribution is -0.384. The van der Waals surface area contributed by atoms with E-state index >= 15 is 0 Å². The number of hydrogen-bond donors (Lipinski definition) is 2. The van der Waals surface area contributed by atoms with Crippen molar-refractivity contribution in [2.45, 2.75) is 0 Å². The zero-order chi connectivity index (χ0) is 17.7. The topological polar surface area (TPSA) is 110 Å². The van der Waals surface area contributed by atoms with E-state index in [1.54, 1.807) is 0 Å². The maximum Gasteiger partial charge on any atom is 0.335 e. The Morgan fingerprint density at radius 1 is 1.17 bits per heavy atom. The zero-order valence-electron chi connectivity index (χ0n) is 12.1. The maximum absolute atomic E-state index is 11.9. The number of amides is 1. The molecule has 24 heavy (non-hydrogen) atoms. The predicted octanol–water partition coefficient (Wildman–Crippen LogP) is 3.60. The largest absolute Gasteiger partial charge is 0.478 e. The summed E-state index contributed by atoms with van der Waals surface area (Å²) in [6.07, 6.45) is 2.68. The van der Waals surface area contributed by atoms with Gasteiger partial charge in [0.25, 0.3) is 5.69 Å². The molecule has 0 fully saturated rings. The molecule has 0 aliphatic heterocycles. The molecule has 0 heterocycles. The van der Waals surface area contributed by atoms with Gasteiger partial charge in [-0.2, -0.15) is 0 Å². The van der Waals surface area contributed by atoms with Crippen LogP contribution >= 0.6 is 11.6 Å². The minimum absolute atomic E-state index is 0.00551. The molecule has 0 bridgehead atoms. The molecule has 0 unspecified atom stereocenters. The van der Waals surface area contributed by atoms with Crippen molar-refractivity contribution in [2.75, 3.05) is 5.32 Å². The smallest absolute Gasteiger partial charge is 0.335 e. The second kappa shape index (κ2) is 7.38. The van der Waals surface area contributed by atoms with E-state index in [2.05, 4.69) is 5.32 Å². The van der Waals surface area contributed by atoms with E-state index < -0.39 is 16.8 Å². The fraction of sp³-hybridized carbons (Fsp3) is 0. The molecule has 0 aliphatic carbocycles. The molecule has 0 saturated carbocycles. The second-order valence-electron chi connectivity index (χ2n) is 4.67. The van der Waals surface area contributed by atoms with Gasteiger partial charge in [0.15, 0.2) is 0 Å². The molecule has 122 valence electrons. The third kappa shape index (κ3) is 4.40. The van der Waals surface area contributed by atoms with Crippen LogP contribution in [-0.2, 0) is 4.79 Å². The van der Waals surface area contributed by atoms with E-state index in [0.717, 1.165) is 0 Å². The molecule has 8 heteroatoms. The van der Waals surface area contributed by atoms with Crippen molar-refractivity contribution < 1.29 is 19.6 Å². The highest BCUT2D eigenvalue weighted by Crippen LogP contribution is 2.23. The van der Waals surface area contributed by atoms with E-state index in [9.17, 15) is 19.7 Å². The van der Waals surface area contributed by atoms with Gasteiger partial charge in [0.05, 0.1) is 21.2 Å². The lowest BCUT2D eigenvalue weighted by atomic mass is 10.2. The number of anilines is 1. The molecule has 1 amide bonds. The van der Waals surface area contributed by atoms with E-state index in [0.29, 0.717) is 5.56 Å². The predicted molar refractivity (Wildman–Crippen MR) is 89.2 cm³/mol. The average Bonchev–Trinajstić information content (AvgIpc) is 2.55. The summed E-state index contributed by atoms with van der Waals surface area (Å²) in [7, 11) is 0. The van der Waals surface area contributed by atoms with E-state index in [1.165, 1.54) is 54.6 Å². The maximum atomic E-state index is 11.9. The number of aromatic carboxylic acids is 1. The first-order chi connectivity index (χ1) is 11.4. The monoisotopic (exact) mass is 346 g/mol. The van der Waals surface area contributed by atoms with Crippen LogP contribution in [0.3, 0.4) is 0 Å². The number of nitro benzene ring substituents is 1. The summed E-state index contributed by atoms with van der Waals surface area (Å²) in [5.74, 6) is -1.65. The molecule has 0 aliphatic rings. The lowest BCUT2D eigenvalue weighted by Crippen LogP contribution is -2.09.